The van der Waals surface area contributed by atoms with Crippen LogP contribution in [0.5, 0.6) is 0 Å². The molecule has 2 atom stereocenters. The highest BCUT2D eigenvalue weighted by Gasteiger charge is 2.25. The lowest BCUT2D eigenvalue weighted by Crippen LogP contribution is -2.55. The van der Waals surface area contributed by atoms with Gasteiger partial charge < -0.3 is 28.6 Å². The van der Waals surface area contributed by atoms with Crippen molar-refractivity contribution in [1.29, 1.82) is 0 Å². The first kappa shape index (κ1) is 57.0. The van der Waals surface area contributed by atoms with Crippen LogP contribution in [0.4, 0.5) is 0 Å². The fourth-order valence-corrected chi connectivity index (χ4v) is 6.90. The lowest BCUT2D eigenvalue weighted by Gasteiger charge is -2.34. The molecule has 0 heterocycles. The summed E-state index contributed by atoms with van der Waals surface area (Å²) in [5, 5.41) is 11.6. The highest BCUT2D eigenvalue weighted by Crippen LogP contribution is 2.14. The van der Waals surface area contributed by atoms with Crippen molar-refractivity contribution in [2.45, 2.75) is 212 Å². The van der Waals surface area contributed by atoms with E-state index in [0.29, 0.717) is 6.42 Å². The number of rotatable bonds is 43. The molecule has 346 valence electrons. The monoisotopic (exact) mass is 842 g/mol. The molecule has 0 aromatic carbocycles. The minimum atomic E-state index is -1.13. The van der Waals surface area contributed by atoms with Gasteiger partial charge in [-0.3, -0.25) is 9.59 Å². The maximum Gasteiger partial charge on any atom is 0.306 e. The number of unbranched alkanes of at least 4 members (excludes halogenated alkanes) is 20. The average Bonchev–Trinajstić information content (AvgIpc) is 3.21. The number of nitrogens with zero attached hydrogens (tertiary/aromatic N) is 1. The van der Waals surface area contributed by atoms with Crippen LogP contribution in [-0.4, -0.2) is 75.5 Å². The number of quaternary nitrogens is 1. The first-order valence-electron chi connectivity index (χ1n) is 24.3. The number of carboxylic acids is 1. The van der Waals surface area contributed by atoms with Crippen molar-refractivity contribution in [3.63, 3.8) is 0 Å². The van der Waals surface area contributed by atoms with Crippen LogP contribution >= 0.6 is 0 Å². The number of carbonyl (C=O) groups is 3. The Bertz CT molecular complexity index is 1170. The van der Waals surface area contributed by atoms with E-state index in [1.165, 1.54) is 96.3 Å². The zero-order valence-electron chi connectivity index (χ0n) is 39.4. The van der Waals surface area contributed by atoms with Gasteiger partial charge in [0.25, 0.3) is 0 Å². The van der Waals surface area contributed by atoms with Crippen molar-refractivity contribution in [2.75, 3.05) is 41.0 Å². The number of aliphatic carboxylic acids is 1. The van der Waals surface area contributed by atoms with E-state index in [9.17, 15) is 19.5 Å². The highest BCUT2D eigenvalue weighted by atomic mass is 16.6. The second-order valence-electron chi connectivity index (χ2n) is 17.3. The molecule has 0 N–H and O–H groups in total. The molecule has 0 rings (SSSR count). The van der Waals surface area contributed by atoms with Gasteiger partial charge in [0.2, 0.25) is 0 Å². The van der Waals surface area contributed by atoms with Gasteiger partial charge in [0.1, 0.15) is 12.6 Å². The molecule has 0 aliphatic heterocycles. The van der Waals surface area contributed by atoms with Gasteiger partial charge in [0.15, 0.2) is 6.10 Å². The van der Waals surface area contributed by atoms with E-state index in [1.807, 2.05) is 0 Å². The predicted octanol–water partition coefficient (Wildman–Crippen LogP) is 12.4. The lowest BCUT2D eigenvalue weighted by molar-refractivity contribution is -0.889. The number of hydrogen-bond donors (Lipinski definition) is 0. The van der Waals surface area contributed by atoms with Gasteiger partial charge in [-0.1, -0.05) is 171 Å². The van der Waals surface area contributed by atoms with Gasteiger partial charge in [0, 0.05) is 19.3 Å². The van der Waals surface area contributed by atoms with E-state index >= 15 is 0 Å². The number of hydrogen-bond acceptors (Lipinski definition) is 7. The molecular weight excluding hydrogens is 751 g/mol. The van der Waals surface area contributed by atoms with Gasteiger partial charge in [0.05, 0.1) is 40.3 Å². The van der Waals surface area contributed by atoms with Crippen LogP contribution in [0, 0.1) is 0 Å². The molecule has 0 saturated heterocycles. The number of ether oxygens (including phenoxy) is 3. The first-order chi connectivity index (χ1) is 29.1. The Hall–Kier alpha value is -2.97. The average molecular weight is 842 g/mol. The second kappa shape index (κ2) is 42.7. The summed E-state index contributed by atoms with van der Waals surface area (Å²) in [6, 6.07) is -0.733. The molecular formula is C52H91NO7. The molecule has 60 heavy (non-hydrogen) atoms. The smallest absolute Gasteiger partial charge is 0.306 e. The van der Waals surface area contributed by atoms with Gasteiger partial charge >= 0.3 is 11.9 Å². The fourth-order valence-electron chi connectivity index (χ4n) is 6.90. The van der Waals surface area contributed by atoms with Crippen molar-refractivity contribution in [1.82, 2.24) is 0 Å². The topological polar surface area (TPSA) is 102 Å². The summed E-state index contributed by atoms with van der Waals surface area (Å²) in [7, 11) is 5.40. The molecule has 0 saturated carbocycles. The molecule has 2 unspecified atom stereocenters. The van der Waals surface area contributed by atoms with E-state index in [2.05, 4.69) is 74.6 Å². The second-order valence-corrected chi connectivity index (χ2v) is 17.3. The lowest BCUT2D eigenvalue weighted by atomic mass is 10.1. The Kier molecular flexibility index (Phi) is 40.6. The van der Waals surface area contributed by atoms with Crippen molar-refractivity contribution >= 4 is 17.9 Å². The van der Waals surface area contributed by atoms with Crippen LogP contribution in [0.3, 0.4) is 0 Å². The molecule has 0 radical (unpaired) electrons. The minimum Gasteiger partial charge on any atom is -0.544 e. The standard InChI is InChI=1S/C52H91NO7/c1-6-8-10-12-14-16-18-20-22-24-25-26-27-29-30-32-34-36-38-40-42-50(54)59-47-48(46-58-45-44-49(52(56)57)53(3,4)5)60-51(55)43-41-39-37-35-33-31-28-23-21-19-17-15-13-11-9-7-2/h8,10,14,16,20,22-23,28,31,33,48-49H,6-7,9,11-13,15,17-19,21,24-27,29-30,32,34-47H2,1-5H3/b10-8+,16-14+,22-20+,28-23+,33-31+. The number of likely N-dealkylation sites (N-methyl/N-ethyl adjacent to an activating group) is 1. The molecule has 0 aliphatic rings. The summed E-state index contributed by atoms with van der Waals surface area (Å²) < 4.78 is 17.2. The van der Waals surface area contributed by atoms with Crippen LogP contribution < -0.4 is 5.11 Å². The van der Waals surface area contributed by atoms with Crippen LogP contribution in [0.2, 0.25) is 0 Å². The molecule has 0 aromatic rings. The third-order valence-electron chi connectivity index (χ3n) is 10.7. The van der Waals surface area contributed by atoms with E-state index < -0.39 is 18.1 Å². The zero-order chi connectivity index (χ0) is 44.2. The Morgan fingerprint density at radius 2 is 0.983 bits per heavy atom. The molecule has 0 aromatic heterocycles. The van der Waals surface area contributed by atoms with Gasteiger partial charge in [-0.15, -0.1) is 0 Å². The highest BCUT2D eigenvalue weighted by molar-refractivity contribution is 5.70. The van der Waals surface area contributed by atoms with E-state index in [1.54, 1.807) is 21.1 Å². The van der Waals surface area contributed by atoms with Gasteiger partial charge in [-0.25, -0.2) is 0 Å². The fraction of sp³-hybridized carbons (Fsp3) is 0.750. The summed E-state index contributed by atoms with van der Waals surface area (Å²) in [6.07, 6.45) is 52.5. The largest absolute Gasteiger partial charge is 0.544 e. The quantitative estimate of drug-likeness (QED) is 0.0198. The molecule has 0 bridgehead atoms. The minimum absolute atomic E-state index is 0.0275. The third kappa shape index (κ3) is 40.4. The summed E-state index contributed by atoms with van der Waals surface area (Å²) in [6.45, 7) is 4.52. The molecule has 0 spiro atoms. The zero-order valence-corrected chi connectivity index (χ0v) is 39.4. The van der Waals surface area contributed by atoms with Crippen molar-refractivity contribution in [3.8, 4) is 0 Å². The van der Waals surface area contributed by atoms with E-state index in [0.717, 1.165) is 70.6 Å². The molecule has 0 fully saturated rings. The van der Waals surface area contributed by atoms with Crippen LogP contribution in [0.1, 0.15) is 200 Å². The maximum atomic E-state index is 12.7. The van der Waals surface area contributed by atoms with Crippen LogP contribution in [0.25, 0.3) is 0 Å². The molecule has 0 aliphatic carbocycles. The van der Waals surface area contributed by atoms with Crippen LogP contribution in [0.15, 0.2) is 60.8 Å². The van der Waals surface area contributed by atoms with Crippen molar-refractivity contribution < 1.29 is 38.2 Å². The molecule has 8 nitrogen and oxygen atoms in total. The number of carboxylic acid groups (broad SMARTS) is 1. The van der Waals surface area contributed by atoms with Crippen molar-refractivity contribution in [2.24, 2.45) is 0 Å². The Balaban J connectivity index is 4.31. The molecule has 8 heteroatoms. The van der Waals surface area contributed by atoms with E-state index in [4.69, 9.17) is 14.2 Å². The van der Waals surface area contributed by atoms with Crippen molar-refractivity contribution in [3.05, 3.63) is 60.8 Å². The molecule has 0 amide bonds. The summed E-state index contributed by atoms with van der Waals surface area (Å²) in [5.74, 6) is -1.77. The Morgan fingerprint density at radius 3 is 1.50 bits per heavy atom. The number of allylic oxidation sites excluding steroid dienone is 10. The number of carbonyl (C=O) groups excluding carboxylic acids is 3. The first-order valence-corrected chi connectivity index (χ1v) is 24.3. The maximum absolute atomic E-state index is 12.7. The predicted molar refractivity (Wildman–Crippen MR) is 249 cm³/mol. The summed E-state index contributed by atoms with van der Waals surface area (Å²) in [5.41, 5.74) is 0. The Morgan fingerprint density at radius 1 is 0.533 bits per heavy atom. The Labute approximate surface area is 368 Å². The third-order valence-corrected chi connectivity index (χ3v) is 10.7. The summed E-state index contributed by atoms with van der Waals surface area (Å²) >= 11 is 0. The van der Waals surface area contributed by atoms with Crippen LogP contribution in [-0.2, 0) is 28.6 Å². The van der Waals surface area contributed by atoms with Gasteiger partial charge in [-0.05, 0) is 70.6 Å². The normalized spacial score (nSPS) is 13.4. The number of esters is 2. The van der Waals surface area contributed by atoms with E-state index in [-0.39, 0.29) is 49.1 Å². The van der Waals surface area contributed by atoms with Gasteiger partial charge in [-0.2, -0.15) is 0 Å². The SMILES string of the molecule is CC/C=C/C/C=C/C/C=C/CCCCCCCCCCCCC(=O)OCC(COCCC(C(=O)[O-])[N+](C)(C)C)OC(=O)CCCCC/C=C/C=C/CCCCCCCCC. The summed E-state index contributed by atoms with van der Waals surface area (Å²) in [4.78, 5) is 37.0.